The van der Waals surface area contributed by atoms with Crippen molar-refractivity contribution >= 4 is 0 Å². The van der Waals surface area contributed by atoms with Crippen molar-refractivity contribution in [2.75, 3.05) is 13.2 Å². The van der Waals surface area contributed by atoms with Crippen molar-refractivity contribution in [3.05, 3.63) is 54.0 Å². The molecular weight excluding hydrogens is 240 g/mol. The van der Waals surface area contributed by atoms with E-state index in [1.807, 2.05) is 42.5 Å². The van der Waals surface area contributed by atoms with Crippen molar-refractivity contribution < 1.29 is 9.15 Å². The van der Waals surface area contributed by atoms with Crippen molar-refractivity contribution in [2.45, 2.75) is 13.0 Å². The van der Waals surface area contributed by atoms with Crippen molar-refractivity contribution in [1.82, 2.24) is 5.32 Å². The van der Waals surface area contributed by atoms with Crippen LogP contribution in [0.3, 0.4) is 0 Å². The molecule has 0 aliphatic heterocycles. The highest BCUT2D eigenvalue weighted by molar-refractivity contribution is 5.27. The first-order valence-electron chi connectivity index (χ1n) is 6.20. The number of furan rings is 1. The van der Waals surface area contributed by atoms with E-state index in [2.05, 4.69) is 5.32 Å². The van der Waals surface area contributed by atoms with Crippen LogP contribution in [0.25, 0.3) is 0 Å². The summed E-state index contributed by atoms with van der Waals surface area (Å²) < 4.78 is 10.4. The molecule has 0 saturated carbocycles. The monoisotopic (exact) mass is 256 g/mol. The Hall–Kier alpha value is -2.25. The maximum Gasteiger partial charge on any atom is 0.174 e. The van der Waals surface area contributed by atoms with E-state index in [4.69, 9.17) is 14.4 Å². The van der Waals surface area contributed by atoms with Crippen LogP contribution in [0.2, 0.25) is 0 Å². The van der Waals surface area contributed by atoms with E-state index in [1.165, 1.54) is 5.56 Å². The van der Waals surface area contributed by atoms with Gasteiger partial charge in [0.15, 0.2) is 6.61 Å². The highest BCUT2D eigenvalue weighted by Crippen LogP contribution is 2.11. The average molecular weight is 256 g/mol. The van der Waals surface area contributed by atoms with Crippen LogP contribution in [0, 0.1) is 11.3 Å². The average Bonchev–Trinajstić information content (AvgIpc) is 2.96. The molecule has 98 valence electrons. The summed E-state index contributed by atoms with van der Waals surface area (Å²) in [5.41, 5.74) is 1.18. The quantitative estimate of drug-likeness (QED) is 0.773. The lowest BCUT2D eigenvalue weighted by molar-refractivity contribution is 0.368. The van der Waals surface area contributed by atoms with Crippen molar-refractivity contribution in [3.63, 3.8) is 0 Å². The SMILES string of the molecule is N#CCOc1ccc(CNCCc2ccco2)cc1. The number of nitrogens with one attached hydrogen (secondary N) is 1. The second-order valence-electron chi connectivity index (χ2n) is 4.10. The summed E-state index contributed by atoms with van der Waals surface area (Å²) in [5, 5.41) is 11.8. The Kier molecular flexibility index (Phi) is 5.03. The molecule has 1 aromatic heterocycles. The third-order valence-corrected chi connectivity index (χ3v) is 2.68. The zero-order chi connectivity index (χ0) is 13.3. The molecule has 0 atom stereocenters. The van der Waals surface area contributed by atoms with Crippen LogP contribution in [0.4, 0.5) is 0 Å². The highest BCUT2D eigenvalue weighted by Gasteiger charge is 1.97. The Labute approximate surface area is 112 Å². The fraction of sp³-hybridized carbons (Fsp3) is 0.267. The molecule has 19 heavy (non-hydrogen) atoms. The Balaban J connectivity index is 1.69. The van der Waals surface area contributed by atoms with Gasteiger partial charge in [0.2, 0.25) is 0 Å². The Bertz CT molecular complexity index is 512. The van der Waals surface area contributed by atoms with Gasteiger partial charge in [0.25, 0.3) is 0 Å². The van der Waals surface area contributed by atoms with E-state index in [9.17, 15) is 0 Å². The first kappa shape index (κ1) is 13.2. The first-order chi connectivity index (χ1) is 9.38. The van der Waals surface area contributed by atoms with Crippen molar-refractivity contribution in [2.24, 2.45) is 0 Å². The Morgan fingerprint density at radius 2 is 2.05 bits per heavy atom. The second kappa shape index (κ2) is 7.24. The van der Waals surface area contributed by atoms with Crippen LogP contribution in [0.15, 0.2) is 47.1 Å². The molecule has 0 radical (unpaired) electrons. The molecule has 0 bridgehead atoms. The van der Waals surface area contributed by atoms with Gasteiger partial charge in [-0.3, -0.25) is 0 Å². The second-order valence-corrected chi connectivity index (χ2v) is 4.10. The van der Waals surface area contributed by atoms with Crippen molar-refractivity contribution in [1.29, 1.82) is 5.26 Å². The van der Waals surface area contributed by atoms with E-state index in [-0.39, 0.29) is 6.61 Å². The molecule has 4 nitrogen and oxygen atoms in total. The van der Waals surface area contributed by atoms with Gasteiger partial charge >= 0.3 is 0 Å². The molecule has 0 amide bonds. The molecule has 2 aromatic rings. The molecule has 0 spiro atoms. The molecule has 0 aliphatic rings. The number of ether oxygens (including phenoxy) is 1. The van der Waals surface area contributed by atoms with E-state index in [0.717, 1.165) is 31.0 Å². The zero-order valence-electron chi connectivity index (χ0n) is 10.6. The lowest BCUT2D eigenvalue weighted by Gasteiger charge is -2.05. The summed E-state index contributed by atoms with van der Waals surface area (Å²) in [6, 6.07) is 13.6. The molecule has 1 heterocycles. The molecule has 0 fully saturated rings. The molecule has 0 saturated heterocycles. The van der Waals surface area contributed by atoms with Crippen LogP contribution < -0.4 is 10.1 Å². The van der Waals surface area contributed by atoms with Gasteiger partial charge < -0.3 is 14.5 Å². The number of nitrogens with zero attached hydrogens (tertiary/aromatic N) is 1. The minimum Gasteiger partial charge on any atom is -0.479 e. The fourth-order valence-electron chi connectivity index (χ4n) is 1.72. The van der Waals surface area contributed by atoms with Crippen LogP contribution in [0.5, 0.6) is 5.75 Å². The highest BCUT2D eigenvalue weighted by atomic mass is 16.5. The normalized spacial score (nSPS) is 10.1. The van der Waals surface area contributed by atoms with Gasteiger partial charge in [-0.2, -0.15) is 5.26 Å². The number of nitriles is 1. The number of hydrogen-bond donors (Lipinski definition) is 1. The number of hydrogen-bond acceptors (Lipinski definition) is 4. The van der Waals surface area contributed by atoms with E-state index < -0.39 is 0 Å². The molecule has 4 heteroatoms. The third kappa shape index (κ3) is 4.49. The topological polar surface area (TPSA) is 58.2 Å². The molecule has 1 N–H and O–H groups in total. The maximum absolute atomic E-state index is 8.41. The predicted octanol–water partition coefficient (Wildman–Crippen LogP) is 2.51. The van der Waals surface area contributed by atoms with Gasteiger partial charge in [0, 0.05) is 19.5 Å². The van der Waals surface area contributed by atoms with Gasteiger partial charge in [-0.05, 0) is 29.8 Å². The number of benzene rings is 1. The summed E-state index contributed by atoms with van der Waals surface area (Å²) in [6.45, 7) is 1.76. The largest absolute Gasteiger partial charge is 0.479 e. The van der Waals surface area contributed by atoms with Crippen molar-refractivity contribution in [3.8, 4) is 11.8 Å². The minimum atomic E-state index is 0.0841. The summed E-state index contributed by atoms with van der Waals surface area (Å²) in [7, 11) is 0. The maximum atomic E-state index is 8.41. The third-order valence-electron chi connectivity index (χ3n) is 2.68. The van der Waals surface area contributed by atoms with Gasteiger partial charge in [-0.25, -0.2) is 0 Å². The first-order valence-corrected chi connectivity index (χ1v) is 6.20. The van der Waals surface area contributed by atoms with Crippen LogP contribution in [-0.2, 0) is 13.0 Å². The lowest BCUT2D eigenvalue weighted by atomic mass is 10.2. The van der Waals surface area contributed by atoms with Gasteiger partial charge in [-0.15, -0.1) is 0 Å². The Morgan fingerprint density at radius 1 is 1.21 bits per heavy atom. The molecule has 1 aromatic carbocycles. The fourth-order valence-corrected chi connectivity index (χ4v) is 1.72. The lowest BCUT2D eigenvalue weighted by Crippen LogP contribution is -2.16. The van der Waals surface area contributed by atoms with Crippen LogP contribution in [0.1, 0.15) is 11.3 Å². The van der Waals surface area contributed by atoms with E-state index in [0.29, 0.717) is 0 Å². The van der Waals surface area contributed by atoms with Gasteiger partial charge in [0.1, 0.15) is 17.6 Å². The van der Waals surface area contributed by atoms with Crippen LogP contribution in [-0.4, -0.2) is 13.2 Å². The Morgan fingerprint density at radius 3 is 2.74 bits per heavy atom. The molecule has 0 aliphatic carbocycles. The van der Waals surface area contributed by atoms with Gasteiger partial charge in [0.05, 0.1) is 6.26 Å². The smallest absolute Gasteiger partial charge is 0.174 e. The zero-order valence-corrected chi connectivity index (χ0v) is 10.6. The molecule has 0 unspecified atom stereocenters. The summed E-state index contributed by atoms with van der Waals surface area (Å²) in [4.78, 5) is 0. The summed E-state index contributed by atoms with van der Waals surface area (Å²) in [5.74, 6) is 1.72. The van der Waals surface area contributed by atoms with Gasteiger partial charge in [-0.1, -0.05) is 12.1 Å². The minimum absolute atomic E-state index is 0.0841. The summed E-state index contributed by atoms with van der Waals surface area (Å²) in [6.07, 6.45) is 2.58. The summed E-state index contributed by atoms with van der Waals surface area (Å²) >= 11 is 0. The van der Waals surface area contributed by atoms with E-state index >= 15 is 0 Å². The van der Waals surface area contributed by atoms with Crippen LogP contribution >= 0.6 is 0 Å². The predicted molar refractivity (Wildman–Crippen MR) is 71.7 cm³/mol. The van der Waals surface area contributed by atoms with E-state index in [1.54, 1.807) is 6.26 Å². The molecular formula is C15H16N2O2. The molecule has 2 rings (SSSR count). The number of rotatable bonds is 7. The standard InChI is InChI=1S/C15H16N2O2/c16-8-11-19-15-5-3-13(4-6-15)12-17-9-7-14-2-1-10-18-14/h1-6,10,17H,7,9,11-12H2.